The van der Waals surface area contributed by atoms with Crippen molar-refractivity contribution in [2.24, 2.45) is 0 Å². The van der Waals surface area contributed by atoms with E-state index in [9.17, 15) is 9.59 Å². The second-order valence-corrected chi connectivity index (χ2v) is 4.14. The normalized spacial score (nSPS) is 11.7. The number of carbonyl (C=O) groups excluding carboxylic acids is 2. The number of nitrogens with zero attached hydrogens (tertiary/aromatic N) is 2. The van der Waals surface area contributed by atoms with E-state index < -0.39 is 18.2 Å². The lowest BCUT2D eigenvalue weighted by molar-refractivity contribution is -0.142. The first-order chi connectivity index (χ1) is 9.04. The third-order valence-electron chi connectivity index (χ3n) is 2.34. The van der Waals surface area contributed by atoms with E-state index in [2.05, 4.69) is 11.6 Å². The molecule has 0 saturated heterocycles. The number of ether oxygens (including phenoxy) is 2. The summed E-state index contributed by atoms with van der Waals surface area (Å²) < 4.78 is 11.5. The molecule has 0 bridgehead atoms. The van der Waals surface area contributed by atoms with Crippen LogP contribution in [0.15, 0.2) is 30.9 Å². The molecule has 0 amide bonds. The van der Waals surface area contributed by atoms with Gasteiger partial charge < -0.3 is 9.47 Å². The molecule has 0 aliphatic carbocycles. The zero-order valence-electron chi connectivity index (χ0n) is 11.2. The van der Waals surface area contributed by atoms with Gasteiger partial charge in [0.05, 0.1) is 0 Å². The van der Waals surface area contributed by atoms with Crippen LogP contribution in [0.5, 0.6) is 0 Å². The van der Waals surface area contributed by atoms with Gasteiger partial charge in [0.1, 0.15) is 19.0 Å². The van der Waals surface area contributed by atoms with E-state index in [4.69, 9.17) is 9.47 Å². The Bertz CT molecular complexity index is 440. The number of hydrogen-bond donors (Lipinski definition) is 0. The zero-order valence-corrected chi connectivity index (χ0v) is 11.2. The van der Waals surface area contributed by atoms with Gasteiger partial charge in [-0.05, 0) is 13.3 Å². The molecular weight excluding hydrogens is 248 g/mol. The first-order valence-corrected chi connectivity index (χ1v) is 6.06. The van der Waals surface area contributed by atoms with Gasteiger partial charge in [-0.25, -0.2) is 19.1 Å². The van der Waals surface area contributed by atoms with Gasteiger partial charge in [-0.1, -0.05) is 19.9 Å². The Morgan fingerprint density at radius 3 is 2.74 bits per heavy atom. The predicted molar refractivity (Wildman–Crippen MR) is 68.6 cm³/mol. The Labute approximate surface area is 112 Å². The summed E-state index contributed by atoms with van der Waals surface area (Å²) in [6.45, 7) is 7.03. The second kappa shape index (κ2) is 7.35. The minimum Gasteiger partial charge on any atom is -0.458 e. The summed E-state index contributed by atoms with van der Waals surface area (Å²) in [6, 6.07) is 0. The molecule has 0 spiro atoms. The third kappa shape index (κ3) is 4.95. The lowest BCUT2D eigenvalue weighted by Crippen LogP contribution is -2.27. The summed E-state index contributed by atoms with van der Waals surface area (Å²) in [4.78, 5) is 26.8. The molecule has 6 nitrogen and oxygen atoms in total. The van der Waals surface area contributed by atoms with Crippen molar-refractivity contribution in [1.29, 1.82) is 0 Å². The van der Waals surface area contributed by atoms with E-state index in [1.54, 1.807) is 6.92 Å². The number of hydrogen-bond acceptors (Lipinski definition) is 5. The van der Waals surface area contributed by atoms with Gasteiger partial charge in [0.2, 0.25) is 0 Å². The molecule has 0 N–H and O–H groups in total. The van der Waals surface area contributed by atoms with Crippen LogP contribution < -0.4 is 0 Å². The van der Waals surface area contributed by atoms with Gasteiger partial charge in [0, 0.05) is 18.0 Å². The lowest BCUT2D eigenvalue weighted by atomic mass is 10.2. The Morgan fingerprint density at radius 1 is 1.47 bits per heavy atom. The van der Waals surface area contributed by atoms with Crippen LogP contribution in [0.3, 0.4) is 0 Å². The molecule has 0 aliphatic rings. The fourth-order valence-corrected chi connectivity index (χ4v) is 1.36. The SMILES string of the molecule is C=C(C)C(=O)OCC(CCC)OC(=O)n1ccnc1. The molecule has 1 aromatic heterocycles. The molecule has 0 aromatic carbocycles. The quantitative estimate of drug-likeness (QED) is 0.583. The minimum atomic E-state index is -0.540. The van der Waals surface area contributed by atoms with E-state index >= 15 is 0 Å². The van der Waals surface area contributed by atoms with Crippen LogP contribution in [-0.2, 0) is 14.3 Å². The number of aromatic nitrogens is 2. The number of esters is 1. The molecule has 1 unspecified atom stereocenters. The van der Waals surface area contributed by atoms with Crippen LogP contribution in [0.25, 0.3) is 0 Å². The summed E-state index contributed by atoms with van der Waals surface area (Å²) in [5, 5.41) is 0. The van der Waals surface area contributed by atoms with Crippen molar-refractivity contribution >= 4 is 12.1 Å². The highest BCUT2D eigenvalue weighted by atomic mass is 16.6. The van der Waals surface area contributed by atoms with Gasteiger partial charge in [-0.2, -0.15) is 0 Å². The monoisotopic (exact) mass is 266 g/mol. The smallest absolute Gasteiger partial charge is 0.419 e. The topological polar surface area (TPSA) is 70.4 Å². The molecule has 19 heavy (non-hydrogen) atoms. The van der Waals surface area contributed by atoms with Crippen molar-refractivity contribution in [2.75, 3.05) is 6.61 Å². The third-order valence-corrected chi connectivity index (χ3v) is 2.34. The summed E-state index contributed by atoms with van der Waals surface area (Å²) in [6.07, 6.45) is 4.75. The molecular formula is C13H18N2O4. The van der Waals surface area contributed by atoms with Crippen LogP contribution in [0, 0.1) is 0 Å². The van der Waals surface area contributed by atoms with Gasteiger partial charge in [-0.3, -0.25) is 0 Å². The van der Waals surface area contributed by atoms with Crippen molar-refractivity contribution < 1.29 is 19.1 Å². The Kier molecular flexibility index (Phi) is 5.78. The maximum absolute atomic E-state index is 11.7. The molecule has 104 valence electrons. The average molecular weight is 266 g/mol. The average Bonchev–Trinajstić information content (AvgIpc) is 2.89. The Hall–Kier alpha value is -2.11. The van der Waals surface area contributed by atoms with E-state index in [-0.39, 0.29) is 6.61 Å². The van der Waals surface area contributed by atoms with Gasteiger partial charge in [0.25, 0.3) is 0 Å². The van der Waals surface area contributed by atoms with E-state index in [1.807, 2.05) is 6.92 Å². The van der Waals surface area contributed by atoms with Crippen molar-refractivity contribution in [3.8, 4) is 0 Å². The first-order valence-electron chi connectivity index (χ1n) is 6.06. The van der Waals surface area contributed by atoms with Gasteiger partial charge >= 0.3 is 12.1 Å². The van der Waals surface area contributed by atoms with Crippen LogP contribution in [0.2, 0.25) is 0 Å². The van der Waals surface area contributed by atoms with Gasteiger partial charge in [-0.15, -0.1) is 0 Å². The van der Waals surface area contributed by atoms with Gasteiger partial charge in [0.15, 0.2) is 0 Å². The summed E-state index contributed by atoms with van der Waals surface area (Å²) in [5.41, 5.74) is 0.316. The highest BCUT2D eigenvalue weighted by molar-refractivity contribution is 5.86. The molecule has 1 atom stereocenters. The van der Waals surface area contributed by atoms with E-state index in [0.717, 1.165) is 6.42 Å². The molecule has 6 heteroatoms. The number of carbonyl (C=O) groups is 2. The molecule has 0 fully saturated rings. The maximum Gasteiger partial charge on any atom is 0.419 e. The second-order valence-electron chi connectivity index (χ2n) is 4.14. The maximum atomic E-state index is 11.7. The van der Waals surface area contributed by atoms with Crippen molar-refractivity contribution in [1.82, 2.24) is 9.55 Å². The molecule has 1 rings (SSSR count). The Balaban J connectivity index is 2.50. The van der Waals surface area contributed by atoms with Crippen molar-refractivity contribution in [3.63, 3.8) is 0 Å². The molecule has 0 radical (unpaired) electrons. The fourth-order valence-electron chi connectivity index (χ4n) is 1.36. The van der Waals surface area contributed by atoms with Crippen LogP contribution in [0.1, 0.15) is 26.7 Å². The van der Waals surface area contributed by atoms with E-state index in [0.29, 0.717) is 12.0 Å². The number of rotatable bonds is 6. The van der Waals surface area contributed by atoms with Crippen molar-refractivity contribution in [3.05, 3.63) is 30.9 Å². The first kappa shape index (κ1) is 14.9. The fraction of sp³-hybridized carbons (Fsp3) is 0.462. The molecule has 0 aliphatic heterocycles. The Morgan fingerprint density at radius 2 is 2.21 bits per heavy atom. The van der Waals surface area contributed by atoms with E-state index in [1.165, 1.54) is 23.3 Å². The van der Waals surface area contributed by atoms with Crippen LogP contribution >= 0.6 is 0 Å². The predicted octanol–water partition coefficient (Wildman–Crippen LogP) is 2.16. The number of imidazole rings is 1. The molecule has 1 heterocycles. The largest absolute Gasteiger partial charge is 0.458 e. The zero-order chi connectivity index (χ0) is 14.3. The van der Waals surface area contributed by atoms with Crippen LogP contribution in [0.4, 0.5) is 4.79 Å². The highest BCUT2D eigenvalue weighted by Crippen LogP contribution is 2.06. The van der Waals surface area contributed by atoms with Crippen LogP contribution in [-0.4, -0.2) is 34.3 Å². The van der Waals surface area contributed by atoms with Crippen molar-refractivity contribution in [2.45, 2.75) is 32.8 Å². The summed E-state index contributed by atoms with van der Waals surface area (Å²) in [7, 11) is 0. The summed E-state index contributed by atoms with van der Waals surface area (Å²) in [5.74, 6) is -0.486. The minimum absolute atomic E-state index is 0.0277. The lowest BCUT2D eigenvalue weighted by Gasteiger charge is -2.17. The highest BCUT2D eigenvalue weighted by Gasteiger charge is 2.17. The molecule has 0 saturated carbocycles. The molecule has 1 aromatic rings. The standard InChI is InChI=1S/C13H18N2O4/c1-4-5-11(8-18-12(16)10(2)3)19-13(17)15-7-6-14-9-15/h6-7,9,11H,2,4-5,8H2,1,3H3. The summed E-state index contributed by atoms with van der Waals surface area (Å²) >= 11 is 0.